The number of nitrogens with two attached hydrogens (primary N) is 1. The first-order valence-corrected chi connectivity index (χ1v) is 7.89. The van der Waals surface area contributed by atoms with Gasteiger partial charge in [0.1, 0.15) is 4.88 Å². The first-order valence-electron chi connectivity index (χ1n) is 5.49. The molecule has 4 nitrogen and oxygen atoms in total. The van der Waals surface area contributed by atoms with Crippen LogP contribution in [0.1, 0.15) is 21.3 Å². The molecule has 1 amide bonds. The van der Waals surface area contributed by atoms with Crippen LogP contribution in [0, 0.1) is 0 Å². The van der Waals surface area contributed by atoms with Crippen LogP contribution in [0.3, 0.4) is 0 Å². The minimum absolute atomic E-state index is 0.380. The van der Waals surface area contributed by atoms with Crippen LogP contribution in [0.2, 0.25) is 0 Å². The lowest BCUT2D eigenvalue weighted by Gasteiger charge is -2.14. The predicted molar refractivity (Wildman–Crippen MR) is 83.5 cm³/mol. The van der Waals surface area contributed by atoms with Crippen molar-refractivity contribution in [2.75, 3.05) is 0 Å². The van der Waals surface area contributed by atoms with Crippen molar-refractivity contribution in [3.05, 3.63) is 55.1 Å². The normalized spacial score (nSPS) is 11.9. The van der Waals surface area contributed by atoms with Gasteiger partial charge in [-0.25, -0.2) is 4.79 Å². The molecule has 0 aliphatic rings. The minimum atomic E-state index is -1.09. The van der Waals surface area contributed by atoms with Crippen molar-refractivity contribution >= 4 is 55.1 Å². The number of esters is 1. The molecule has 1 aromatic carbocycles. The molecular formula is C13H9Br2NO3S. The summed E-state index contributed by atoms with van der Waals surface area (Å²) >= 11 is 7.80. The van der Waals surface area contributed by atoms with Gasteiger partial charge >= 0.3 is 5.97 Å². The van der Waals surface area contributed by atoms with Gasteiger partial charge < -0.3 is 10.5 Å². The fraction of sp³-hybridized carbons (Fsp3) is 0.0769. The molecule has 7 heteroatoms. The molecule has 0 aliphatic carbocycles. The standard InChI is InChI=1S/C13H9Br2NO3S/c14-8-6-9(20-11(8)15)13(18)19-10(12(16)17)7-4-2-1-3-5-7/h1-6,10H,(H2,16,17). The van der Waals surface area contributed by atoms with Crippen molar-refractivity contribution in [2.24, 2.45) is 5.73 Å². The molecule has 1 atom stereocenters. The molecule has 0 bridgehead atoms. The number of benzene rings is 1. The molecule has 0 saturated heterocycles. The van der Waals surface area contributed by atoms with Crippen LogP contribution in [0.25, 0.3) is 0 Å². The van der Waals surface area contributed by atoms with Gasteiger partial charge in [0.25, 0.3) is 5.91 Å². The Morgan fingerprint density at radius 1 is 1.20 bits per heavy atom. The molecule has 0 saturated carbocycles. The Hall–Kier alpha value is -1.18. The molecular weight excluding hydrogens is 410 g/mol. The lowest BCUT2D eigenvalue weighted by molar-refractivity contribution is -0.127. The van der Waals surface area contributed by atoms with Crippen LogP contribution in [-0.2, 0) is 9.53 Å². The molecule has 2 rings (SSSR count). The van der Waals surface area contributed by atoms with E-state index in [1.54, 1.807) is 36.4 Å². The largest absolute Gasteiger partial charge is 0.443 e. The van der Waals surface area contributed by atoms with E-state index >= 15 is 0 Å². The summed E-state index contributed by atoms with van der Waals surface area (Å²) < 4.78 is 6.74. The van der Waals surface area contributed by atoms with E-state index in [0.29, 0.717) is 10.4 Å². The van der Waals surface area contributed by atoms with E-state index in [1.807, 2.05) is 0 Å². The lowest BCUT2D eigenvalue weighted by Crippen LogP contribution is -2.26. The van der Waals surface area contributed by atoms with Crippen molar-refractivity contribution in [2.45, 2.75) is 6.10 Å². The van der Waals surface area contributed by atoms with E-state index in [2.05, 4.69) is 31.9 Å². The molecule has 1 unspecified atom stereocenters. The predicted octanol–water partition coefficient (Wildman–Crippen LogP) is 3.66. The second kappa shape index (κ2) is 6.51. The monoisotopic (exact) mass is 417 g/mol. The van der Waals surface area contributed by atoms with Crippen LogP contribution < -0.4 is 5.73 Å². The molecule has 2 N–H and O–H groups in total. The summed E-state index contributed by atoms with van der Waals surface area (Å²) in [6, 6.07) is 10.3. The van der Waals surface area contributed by atoms with Crippen molar-refractivity contribution in [3.8, 4) is 0 Å². The third-order valence-electron chi connectivity index (χ3n) is 2.43. The van der Waals surface area contributed by atoms with Gasteiger partial charge in [0.05, 0.1) is 3.79 Å². The zero-order valence-corrected chi connectivity index (χ0v) is 14.0. The number of thiophene rings is 1. The zero-order valence-electron chi connectivity index (χ0n) is 10.0. The number of carbonyl (C=O) groups is 2. The minimum Gasteiger partial charge on any atom is -0.443 e. The molecule has 2 aromatic rings. The number of rotatable bonds is 4. The number of hydrogen-bond acceptors (Lipinski definition) is 4. The highest BCUT2D eigenvalue weighted by Crippen LogP contribution is 2.33. The lowest BCUT2D eigenvalue weighted by atomic mass is 10.1. The zero-order chi connectivity index (χ0) is 14.7. The van der Waals surface area contributed by atoms with Gasteiger partial charge in [-0.05, 0) is 37.9 Å². The van der Waals surface area contributed by atoms with Crippen molar-refractivity contribution < 1.29 is 14.3 Å². The molecule has 20 heavy (non-hydrogen) atoms. The summed E-state index contributed by atoms with van der Waals surface area (Å²) in [5.41, 5.74) is 5.84. The van der Waals surface area contributed by atoms with Crippen molar-refractivity contribution in [1.82, 2.24) is 0 Å². The Labute approximate surface area is 136 Å². The van der Waals surface area contributed by atoms with Crippen molar-refractivity contribution in [1.29, 1.82) is 0 Å². The number of halogens is 2. The molecule has 0 spiro atoms. The van der Waals surface area contributed by atoms with E-state index in [4.69, 9.17) is 10.5 Å². The average molecular weight is 419 g/mol. The molecule has 104 valence electrons. The summed E-state index contributed by atoms with van der Waals surface area (Å²) in [7, 11) is 0. The Kier molecular flexibility index (Phi) is 4.95. The van der Waals surface area contributed by atoms with Gasteiger partial charge in [0.2, 0.25) is 6.10 Å². The summed E-state index contributed by atoms with van der Waals surface area (Å²) in [6.45, 7) is 0. The molecule has 1 heterocycles. The number of primary amides is 1. The molecule has 0 aliphatic heterocycles. The summed E-state index contributed by atoms with van der Waals surface area (Å²) in [6.07, 6.45) is -1.09. The summed E-state index contributed by atoms with van der Waals surface area (Å²) in [5, 5.41) is 0. The van der Waals surface area contributed by atoms with E-state index in [0.717, 1.165) is 8.26 Å². The van der Waals surface area contributed by atoms with Crippen LogP contribution in [0.4, 0.5) is 0 Å². The number of carbonyl (C=O) groups excluding carboxylic acids is 2. The Bertz CT molecular complexity index is 623. The van der Waals surface area contributed by atoms with Crippen LogP contribution in [0.15, 0.2) is 44.7 Å². The fourth-order valence-corrected chi connectivity index (χ4v) is 3.45. The van der Waals surface area contributed by atoms with Gasteiger partial charge in [0, 0.05) is 10.0 Å². The van der Waals surface area contributed by atoms with E-state index < -0.39 is 18.0 Å². The fourth-order valence-electron chi connectivity index (χ4n) is 1.53. The quantitative estimate of drug-likeness (QED) is 0.770. The maximum atomic E-state index is 12.0. The first kappa shape index (κ1) is 15.2. The molecule has 0 radical (unpaired) electrons. The second-order valence-electron chi connectivity index (χ2n) is 3.83. The van der Waals surface area contributed by atoms with Gasteiger partial charge in [-0.1, -0.05) is 30.3 Å². The summed E-state index contributed by atoms with van der Waals surface area (Å²) in [5.74, 6) is -1.30. The van der Waals surface area contributed by atoms with Gasteiger partial charge in [-0.15, -0.1) is 11.3 Å². The van der Waals surface area contributed by atoms with Crippen LogP contribution >= 0.6 is 43.2 Å². The third-order valence-corrected chi connectivity index (χ3v) is 5.67. The summed E-state index contributed by atoms with van der Waals surface area (Å²) in [4.78, 5) is 23.9. The second-order valence-corrected chi connectivity index (χ2v) is 7.06. The van der Waals surface area contributed by atoms with Crippen molar-refractivity contribution in [3.63, 3.8) is 0 Å². The Morgan fingerprint density at radius 2 is 1.85 bits per heavy atom. The van der Waals surface area contributed by atoms with Gasteiger partial charge in [-0.2, -0.15) is 0 Å². The number of hydrogen-bond donors (Lipinski definition) is 1. The molecule has 1 aromatic heterocycles. The maximum absolute atomic E-state index is 12.0. The highest BCUT2D eigenvalue weighted by atomic mass is 79.9. The Morgan fingerprint density at radius 3 is 2.35 bits per heavy atom. The van der Waals surface area contributed by atoms with Gasteiger partial charge in [0.15, 0.2) is 0 Å². The van der Waals surface area contributed by atoms with Crippen LogP contribution in [0.5, 0.6) is 0 Å². The maximum Gasteiger partial charge on any atom is 0.349 e. The topological polar surface area (TPSA) is 69.4 Å². The smallest absolute Gasteiger partial charge is 0.349 e. The van der Waals surface area contributed by atoms with E-state index in [9.17, 15) is 9.59 Å². The number of ether oxygens (including phenoxy) is 1. The van der Waals surface area contributed by atoms with Gasteiger partial charge in [-0.3, -0.25) is 4.79 Å². The highest BCUT2D eigenvalue weighted by Gasteiger charge is 2.24. The number of amides is 1. The first-order chi connectivity index (χ1) is 9.49. The molecule has 0 fully saturated rings. The van der Waals surface area contributed by atoms with Crippen LogP contribution in [-0.4, -0.2) is 11.9 Å². The Balaban J connectivity index is 2.21. The third kappa shape index (κ3) is 3.47. The average Bonchev–Trinajstić information content (AvgIpc) is 2.76. The SMILES string of the molecule is NC(=O)C(OC(=O)c1cc(Br)c(Br)s1)c1ccccc1. The van der Waals surface area contributed by atoms with E-state index in [1.165, 1.54) is 11.3 Å². The highest BCUT2D eigenvalue weighted by molar-refractivity contribution is 9.13. The van der Waals surface area contributed by atoms with E-state index in [-0.39, 0.29) is 0 Å².